The van der Waals surface area contributed by atoms with Gasteiger partial charge in [-0.1, -0.05) is 27.2 Å². The maximum Gasteiger partial charge on any atom is 0.272 e. The molecule has 1 aliphatic rings. The first-order valence-electron chi connectivity index (χ1n) is 11.3. The summed E-state index contributed by atoms with van der Waals surface area (Å²) in [5, 5.41) is 2.95. The number of hydrogen-bond donors (Lipinski definition) is 3. The van der Waals surface area contributed by atoms with E-state index in [-0.39, 0.29) is 22.2 Å². The molecule has 1 aromatic carbocycles. The van der Waals surface area contributed by atoms with Crippen LogP contribution in [0.2, 0.25) is 0 Å². The van der Waals surface area contributed by atoms with E-state index in [1.165, 1.54) is 4.90 Å². The third-order valence-electron chi connectivity index (χ3n) is 5.38. The number of carbonyl (C=O) groups excluding carboxylic acids is 3. The van der Waals surface area contributed by atoms with Gasteiger partial charge >= 0.3 is 0 Å². The number of primary amides is 1. The van der Waals surface area contributed by atoms with Gasteiger partial charge in [-0.2, -0.15) is 4.37 Å². The lowest BCUT2D eigenvalue weighted by Crippen LogP contribution is -2.50. The molecule has 0 spiro atoms. The van der Waals surface area contributed by atoms with Crippen LogP contribution in [0.1, 0.15) is 60.2 Å². The lowest BCUT2D eigenvalue weighted by molar-refractivity contribution is -0.122. The number of aromatic nitrogens is 1. The van der Waals surface area contributed by atoms with Gasteiger partial charge in [0.25, 0.3) is 11.8 Å². The van der Waals surface area contributed by atoms with Crippen LogP contribution >= 0.6 is 11.5 Å². The first-order chi connectivity index (χ1) is 16.2. The van der Waals surface area contributed by atoms with Gasteiger partial charge in [0.05, 0.1) is 5.69 Å². The first-order valence-corrected chi connectivity index (χ1v) is 12.1. The predicted molar refractivity (Wildman–Crippen MR) is 130 cm³/mol. The number of hydrogen-bond acceptors (Lipinski definition) is 8. The maximum absolute atomic E-state index is 13.8. The van der Waals surface area contributed by atoms with E-state index in [0.29, 0.717) is 55.7 Å². The SMILES string of the molecule is CCCC(C(=O)NCCC(C)C)N(C(=O)c1snc(C(N)=O)c1N)c1ccc2c(c1)OCCO2. The fourth-order valence-corrected chi connectivity index (χ4v) is 4.35. The molecule has 5 N–H and O–H groups in total. The Morgan fingerprint density at radius 3 is 2.50 bits per heavy atom. The zero-order chi connectivity index (χ0) is 24.8. The molecular weight excluding hydrogens is 458 g/mol. The van der Waals surface area contributed by atoms with Crippen molar-refractivity contribution >= 4 is 40.6 Å². The Morgan fingerprint density at radius 2 is 1.88 bits per heavy atom. The van der Waals surface area contributed by atoms with Crippen LogP contribution in [0.25, 0.3) is 0 Å². The Balaban J connectivity index is 2.04. The van der Waals surface area contributed by atoms with Crippen molar-refractivity contribution in [3.8, 4) is 11.5 Å². The zero-order valence-corrected chi connectivity index (χ0v) is 20.4. The van der Waals surface area contributed by atoms with Crippen LogP contribution in [0.5, 0.6) is 11.5 Å². The molecule has 0 fully saturated rings. The van der Waals surface area contributed by atoms with Crippen LogP contribution in [-0.4, -0.2) is 47.9 Å². The molecule has 0 saturated carbocycles. The van der Waals surface area contributed by atoms with E-state index in [4.69, 9.17) is 20.9 Å². The summed E-state index contributed by atoms with van der Waals surface area (Å²) in [5.41, 5.74) is 11.6. The number of benzene rings is 1. The number of nitrogens with zero attached hydrogens (tertiary/aromatic N) is 2. The summed E-state index contributed by atoms with van der Waals surface area (Å²) in [6, 6.07) is 4.25. The molecule has 184 valence electrons. The lowest BCUT2D eigenvalue weighted by Gasteiger charge is -2.31. The highest BCUT2D eigenvalue weighted by Crippen LogP contribution is 2.36. The number of nitrogen functional groups attached to an aromatic ring is 1. The Kier molecular flexibility index (Phi) is 8.32. The van der Waals surface area contributed by atoms with Gasteiger partial charge < -0.3 is 26.3 Å². The molecule has 1 aliphatic heterocycles. The summed E-state index contributed by atoms with van der Waals surface area (Å²) in [5.74, 6) is -0.184. The van der Waals surface area contributed by atoms with Crippen molar-refractivity contribution < 1.29 is 23.9 Å². The molecule has 2 heterocycles. The molecule has 0 saturated heterocycles. The second kappa shape index (κ2) is 11.2. The van der Waals surface area contributed by atoms with Crippen molar-refractivity contribution in [1.29, 1.82) is 0 Å². The van der Waals surface area contributed by atoms with Crippen molar-refractivity contribution in [1.82, 2.24) is 9.69 Å². The van der Waals surface area contributed by atoms with Gasteiger partial charge in [0.1, 0.15) is 24.1 Å². The van der Waals surface area contributed by atoms with Gasteiger partial charge in [-0.15, -0.1) is 0 Å². The van der Waals surface area contributed by atoms with Crippen LogP contribution in [0.4, 0.5) is 11.4 Å². The summed E-state index contributed by atoms with van der Waals surface area (Å²) < 4.78 is 15.2. The van der Waals surface area contributed by atoms with E-state index in [2.05, 4.69) is 23.5 Å². The van der Waals surface area contributed by atoms with Crippen LogP contribution in [0.3, 0.4) is 0 Å². The number of fused-ring (bicyclic) bond motifs is 1. The first kappa shape index (κ1) is 25.3. The predicted octanol–water partition coefficient (Wildman–Crippen LogP) is 2.57. The average Bonchev–Trinajstić information content (AvgIpc) is 3.19. The van der Waals surface area contributed by atoms with E-state index in [0.717, 1.165) is 18.0 Å². The number of ether oxygens (including phenoxy) is 2. The largest absolute Gasteiger partial charge is 0.486 e. The summed E-state index contributed by atoms with van der Waals surface area (Å²) in [6.07, 6.45) is 1.88. The Morgan fingerprint density at radius 1 is 1.18 bits per heavy atom. The van der Waals surface area contributed by atoms with Crippen LogP contribution in [-0.2, 0) is 4.79 Å². The van der Waals surface area contributed by atoms with Crippen molar-refractivity contribution in [3.63, 3.8) is 0 Å². The molecule has 1 atom stereocenters. The van der Waals surface area contributed by atoms with Crippen molar-refractivity contribution in [2.24, 2.45) is 11.7 Å². The zero-order valence-electron chi connectivity index (χ0n) is 19.6. The highest BCUT2D eigenvalue weighted by Gasteiger charge is 2.35. The molecule has 2 aromatic rings. The van der Waals surface area contributed by atoms with Gasteiger partial charge in [-0.05, 0) is 42.4 Å². The fourth-order valence-electron chi connectivity index (χ4n) is 3.61. The van der Waals surface area contributed by atoms with Crippen molar-refractivity contribution in [2.45, 2.75) is 46.1 Å². The van der Waals surface area contributed by atoms with Gasteiger partial charge in [0, 0.05) is 18.3 Å². The van der Waals surface area contributed by atoms with E-state index in [9.17, 15) is 14.4 Å². The Bertz CT molecular complexity index is 1050. The van der Waals surface area contributed by atoms with E-state index >= 15 is 0 Å². The topological polar surface area (TPSA) is 150 Å². The highest BCUT2D eigenvalue weighted by molar-refractivity contribution is 7.09. The number of rotatable bonds is 10. The number of nitrogens with one attached hydrogen (secondary N) is 1. The second-order valence-corrected chi connectivity index (χ2v) is 9.19. The summed E-state index contributed by atoms with van der Waals surface area (Å²) in [6.45, 7) is 7.38. The monoisotopic (exact) mass is 489 g/mol. The van der Waals surface area contributed by atoms with Gasteiger partial charge in [0.2, 0.25) is 5.91 Å². The van der Waals surface area contributed by atoms with E-state index < -0.39 is 17.9 Å². The van der Waals surface area contributed by atoms with Gasteiger partial charge in [0.15, 0.2) is 17.2 Å². The lowest BCUT2D eigenvalue weighted by atomic mass is 10.1. The molecule has 10 nitrogen and oxygen atoms in total. The molecule has 1 unspecified atom stereocenters. The second-order valence-electron chi connectivity index (χ2n) is 8.42. The minimum absolute atomic E-state index is 0.0415. The Labute approximate surface area is 202 Å². The van der Waals surface area contributed by atoms with Crippen molar-refractivity contribution in [2.75, 3.05) is 30.4 Å². The molecule has 1 aromatic heterocycles. The molecule has 3 amide bonds. The molecule has 3 rings (SSSR count). The fraction of sp³-hybridized carbons (Fsp3) is 0.478. The van der Waals surface area contributed by atoms with E-state index in [1.807, 2.05) is 6.92 Å². The van der Waals surface area contributed by atoms with Gasteiger partial charge in [-0.3, -0.25) is 19.3 Å². The summed E-state index contributed by atoms with van der Waals surface area (Å²) in [7, 11) is 0. The molecule has 0 aliphatic carbocycles. The maximum atomic E-state index is 13.8. The third kappa shape index (κ3) is 5.58. The van der Waals surface area contributed by atoms with Crippen LogP contribution in [0, 0.1) is 5.92 Å². The minimum Gasteiger partial charge on any atom is -0.486 e. The van der Waals surface area contributed by atoms with Crippen LogP contribution < -0.4 is 31.2 Å². The van der Waals surface area contributed by atoms with E-state index in [1.54, 1.807) is 18.2 Å². The average molecular weight is 490 g/mol. The molecule has 11 heteroatoms. The van der Waals surface area contributed by atoms with Crippen molar-refractivity contribution in [3.05, 3.63) is 28.8 Å². The van der Waals surface area contributed by atoms with Crippen LogP contribution in [0.15, 0.2) is 18.2 Å². The number of carbonyl (C=O) groups is 3. The molecular formula is C23H31N5O5S. The summed E-state index contributed by atoms with van der Waals surface area (Å²) in [4.78, 5) is 40.1. The molecule has 0 bridgehead atoms. The standard InChI is InChI=1S/C23H31N5O5S/c1-4-5-15(22(30)26-9-8-13(2)3)28(14-6-7-16-17(12-14)33-11-10-32-16)23(31)20-18(24)19(21(25)29)27-34-20/h6-7,12-13,15H,4-5,8-11,24H2,1-3H3,(H2,25,29)(H,26,30). The minimum atomic E-state index is -0.824. The number of amides is 3. The highest BCUT2D eigenvalue weighted by atomic mass is 32.1. The summed E-state index contributed by atoms with van der Waals surface area (Å²) >= 11 is 0.779. The van der Waals surface area contributed by atoms with Gasteiger partial charge in [-0.25, -0.2) is 0 Å². The third-order valence-corrected chi connectivity index (χ3v) is 6.23. The quantitative estimate of drug-likeness (QED) is 0.464. The molecule has 0 radical (unpaired) electrons. The number of nitrogens with two attached hydrogens (primary N) is 2. The number of anilines is 2. The molecule has 34 heavy (non-hydrogen) atoms. The Hall–Kier alpha value is -3.34. The normalized spacial score (nSPS) is 13.4. The smallest absolute Gasteiger partial charge is 0.272 e.